The second-order valence-electron chi connectivity index (χ2n) is 6.06. The van der Waals surface area contributed by atoms with E-state index >= 15 is 0 Å². The fourth-order valence-corrected chi connectivity index (χ4v) is 1.97. The summed E-state index contributed by atoms with van der Waals surface area (Å²) in [6.45, 7) is 8.51. The van der Waals surface area contributed by atoms with E-state index in [1.54, 1.807) is 0 Å². The lowest BCUT2D eigenvalue weighted by molar-refractivity contribution is 0.231. The van der Waals surface area contributed by atoms with Gasteiger partial charge in [-0.2, -0.15) is 0 Å². The van der Waals surface area contributed by atoms with Gasteiger partial charge < -0.3 is 9.05 Å². The van der Waals surface area contributed by atoms with E-state index in [4.69, 9.17) is 21.9 Å². The molecule has 0 bridgehead atoms. The molecular weight excluding hydrogens is 295 g/mol. The number of hydrogen-bond acceptors (Lipinski definition) is 3. The monoisotopic (exact) mass is 322 g/mol. The molecule has 0 aliphatic heterocycles. The predicted octanol–water partition coefficient (Wildman–Crippen LogP) is 4.62. The summed E-state index contributed by atoms with van der Waals surface area (Å²) in [5, 5.41) is 0. The van der Waals surface area contributed by atoms with Gasteiger partial charge in [-0.1, -0.05) is 36.1 Å². The molecule has 0 rings (SSSR count). The molecule has 0 aromatic rings. The van der Waals surface area contributed by atoms with Crippen molar-refractivity contribution in [1.82, 2.24) is 0 Å². The van der Waals surface area contributed by atoms with Gasteiger partial charge in [0, 0.05) is 10.8 Å². The average Bonchev–Trinajstić information content (AvgIpc) is 2.46. The fraction of sp³-hybridized carbons (Fsp3) is 0.556. The molecule has 3 nitrogen and oxygen atoms in total. The van der Waals surface area contributed by atoms with Crippen LogP contribution in [0.2, 0.25) is 0 Å². The van der Waals surface area contributed by atoms with Crippen molar-refractivity contribution >= 4 is 8.25 Å². The first kappa shape index (κ1) is 20.8. The zero-order valence-electron chi connectivity index (χ0n) is 14.0. The molecule has 22 heavy (non-hydrogen) atoms. The molecule has 0 heterocycles. The van der Waals surface area contributed by atoms with Crippen molar-refractivity contribution in [3.63, 3.8) is 0 Å². The van der Waals surface area contributed by atoms with E-state index in [-0.39, 0.29) is 10.8 Å². The van der Waals surface area contributed by atoms with Gasteiger partial charge in [-0.15, -0.1) is 12.8 Å². The molecule has 0 saturated carbocycles. The topological polar surface area (TPSA) is 35.5 Å². The van der Waals surface area contributed by atoms with Gasteiger partial charge >= 0.3 is 8.25 Å². The van der Waals surface area contributed by atoms with E-state index in [1.807, 2.05) is 52.0 Å². The maximum absolute atomic E-state index is 11.5. The van der Waals surface area contributed by atoms with Gasteiger partial charge in [0.25, 0.3) is 0 Å². The molecule has 0 radical (unpaired) electrons. The molecule has 0 N–H and O–H groups in total. The number of terminal acetylenes is 2. The Labute approximate surface area is 136 Å². The third-order valence-electron chi connectivity index (χ3n) is 2.82. The summed E-state index contributed by atoms with van der Waals surface area (Å²) in [6, 6.07) is 0. The number of hydrogen-bond donors (Lipinski definition) is 0. The first-order chi connectivity index (χ1) is 10.2. The van der Waals surface area contributed by atoms with Crippen LogP contribution in [0.4, 0.5) is 0 Å². The highest BCUT2D eigenvalue weighted by molar-refractivity contribution is 7.33. The van der Waals surface area contributed by atoms with E-state index in [9.17, 15) is 4.57 Å². The van der Waals surface area contributed by atoms with Crippen molar-refractivity contribution in [3.05, 3.63) is 24.3 Å². The van der Waals surface area contributed by atoms with Crippen LogP contribution in [0.15, 0.2) is 24.3 Å². The van der Waals surface area contributed by atoms with Crippen LogP contribution in [-0.2, 0) is 13.6 Å². The Morgan fingerprint density at radius 1 is 0.909 bits per heavy atom. The van der Waals surface area contributed by atoms with Gasteiger partial charge in [0.15, 0.2) is 0 Å². The normalized spacial score (nSPS) is 14.1. The minimum absolute atomic E-state index is 0.264. The third-order valence-corrected chi connectivity index (χ3v) is 3.70. The van der Waals surface area contributed by atoms with Crippen LogP contribution < -0.4 is 0 Å². The van der Waals surface area contributed by atoms with Crippen molar-refractivity contribution in [3.8, 4) is 24.7 Å². The van der Waals surface area contributed by atoms with E-state index < -0.39 is 8.25 Å². The highest BCUT2D eigenvalue weighted by Crippen LogP contribution is 2.24. The summed E-state index contributed by atoms with van der Waals surface area (Å²) in [4.78, 5) is 0. The Hall–Kier alpha value is -1.25. The molecule has 122 valence electrons. The summed E-state index contributed by atoms with van der Waals surface area (Å²) in [5.41, 5.74) is -0.527. The van der Waals surface area contributed by atoms with E-state index in [0.717, 1.165) is 0 Å². The second kappa shape index (κ2) is 10.5. The van der Waals surface area contributed by atoms with Crippen molar-refractivity contribution in [2.45, 2.75) is 40.5 Å². The molecule has 0 atom stereocenters. The van der Waals surface area contributed by atoms with Gasteiger partial charge in [0.1, 0.15) is 0 Å². The molecule has 0 fully saturated rings. The van der Waals surface area contributed by atoms with Crippen molar-refractivity contribution in [2.24, 2.45) is 10.8 Å². The predicted molar refractivity (Wildman–Crippen MR) is 93.6 cm³/mol. The Balaban J connectivity index is 3.77. The molecule has 0 unspecified atom stereocenters. The number of allylic oxidation sites excluding steroid dienone is 2. The van der Waals surface area contributed by atoms with Crippen LogP contribution in [0.1, 0.15) is 40.5 Å². The van der Waals surface area contributed by atoms with E-state index in [0.29, 0.717) is 26.1 Å². The molecule has 0 amide bonds. The minimum atomic E-state index is -2.43. The van der Waals surface area contributed by atoms with E-state index in [1.165, 1.54) is 0 Å². The third kappa shape index (κ3) is 11.4. The summed E-state index contributed by atoms with van der Waals surface area (Å²) in [6.07, 6.45) is 19.8. The summed E-state index contributed by atoms with van der Waals surface area (Å²) < 4.78 is 21.8. The molecule has 0 saturated heterocycles. The maximum Gasteiger partial charge on any atom is 0.319 e. The van der Waals surface area contributed by atoms with Crippen molar-refractivity contribution < 1.29 is 13.6 Å². The molecule has 0 spiro atoms. The van der Waals surface area contributed by atoms with Crippen LogP contribution in [0.5, 0.6) is 0 Å². The van der Waals surface area contributed by atoms with Gasteiger partial charge in [-0.25, -0.2) is 0 Å². The second-order valence-corrected chi connectivity index (χ2v) is 7.14. The van der Waals surface area contributed by atoms with Gasteiger partial charge in [-0.3, -0.25) is 4.57 Å². The first-order valence-corrected chi connectivity index (χ1v) is 8.55. The number of rotatable bonds is 10. The largest absolute Gasteiger partial charge is 0.319 e. The Morgan fingerprint density at radius 3 is 1.59 bits per heavy atom. The first-order valence-electron chi connectivity index (χ1n) is 7.33. The minimum Gasteiger partial charge on any atom is -0.310 e. The summed E-state index contributed by atoms with van der Waals surface area (Å²) >= 11 is 0. The highest BCUT2D eigenvalue weighted by atomic mass is 31.1. The molecule has 0 aromatic heterocycles. The SMILES string of the molecule is C#CC(C)(C)C=CCCO[PH](=O)OCCC=CC(C)(C)C#C. The zero-order valence-corrected chi connectivity index (χ0v) is 15.0. The van der Waals surface area contributed by atoms with Crippen LogP contribution in [0, 0.1) is 35.5 Å². The summed E-state index contributed by atoms with van der Waals surface area (Å²) in [5.74, 6) is 5.34. The average molecular weight is 322 g/mol. The lowest BCUT2D eigenvalue weighted by Gasteiger charge is -2.10. The molecule has 0 aliphatic carbocycles. The van der Waals surface area contributed by atoms with Crippen molar-refractivity contribution in [1.29, 1.82) is 0 Å². The standard InChI is InChI=1S/C18H27O3P/c1-7-17(3,4)13-9-11-15-20-22(19)21-16-12-10-14-18(5,6)8-2/h1-2,9-10,13-14,22H,11-12,15-16H2,3-6H3. The van der Waals surface area contributed by atoms with Crippen LogP contribution in [0.3, 0.4) is 0 Å². The summed E-state index contributed by atoms with van der Waals surface area (Å²) in [7, 11) is -2.43. The van der Waals surface area contributed by atoms with E-state index in [2.05, 4.69) is 11.8 Å². The Kier molecular flexibility index (Phi) is 9.88. The van der Waals surface area contributed by atoms with Gasteiger partial charge in [0.05, 0.1) is 13.2 Å². The van der Waals surface area contributed by atoms with Crippen molar-refractivity contribution in [2.75, 3.05) is 13.2 Å². The fourth-order valence-electron chi connectivity index (χ4n) is 1.31. The van der Waals surface area contributed by atoms with Gasteiger partial charge in [0.2, 0.25) is 0 Å². The highest BCUT2D eigenvalue weighted by Gasteiger charge is 2.08. The molecule has 0 aromatic carbocycles. The lowest BCUT2D eigenvalue weighted by atomic mass is 9.94. The maximum atomic E-state index is 11.5. The van der Waals surface area contributed by atoms with Gasteiger partial charge in [-0.05, 0) is 40.5 Å². The molecule has 0 aliphatic rings. The van der Waals surface area contributed by atoms with Crippen LogP contribution in [0.25, 0.3) is 0 Å². The van der Waals surface area contributed by atoms with Crippen LogP contribution in [-0.4, -0.2) is 13.2 Å². The Morgan fingerprint density at radius 2 is 1.27 bits per heavy atom. The van der Waals surface area contributed by atoms with Crippen LogP contribution >= 0.6 is 8.25 Å². The quantitative estimate of drug-likeness (QED) is 0.255. The Bertz CT molecular complexity index is 443. The smallest absolute Gasteiger partial charge is 0.310 e. The molecular formula is C18H27O3P. The molecule has 4 heteroatoms. The lowest BCUT2D eigenvalue weighted by Crippen LogP contribution is -2.02. The zero-order chi connectivity index (χ0) is 17.1.